The second kappa shape index (κ2) is 4.78. The third-order valence-corrected chi connectivity index (χ3v) is 4.79. The lowest BCUT2D eigenvalue weighted by atomic mass is 9.88. The molecule has 0 spiro atoms. The number of nitrogens with zero attached hydrogens (tertiary/aromatic N) is 1. The van der Waals surface area contributed by atoms with Gasteiger partial charge in [0, 0.05) is 15.6 Å². The summed E-state index contributed by atoms with van der Waals surface area (Å²) in [5, 5.41) is 20.7. The summed E-state index contributed by atoms with van der Waals surface area (Å²) in [6, 6.07) is 14.4. The van der Waals surface area contributed by atoms with E-state index >= 15 is 0 Å². The molecule has 1 heterocycles. The molecule has 1 aliphatic heterocycles. The largest absolute Gasteiger partial charge is 0.465 e. The number of nitriles is 1. The minimum Gasteiger partial charge on any atom is -0.465 e. The number of aliphatic hydroxyl groups is 1. The molecule has 2 aromatic rings. The molecule has 100 valence electrons. The van der Waals surface area contributed by atoms with Gasteiger partial charge in [0.05, 0.1) is 5.02 Å². The van der Waals surface area contributed by atoms with Gasteiger partial charge in [-0.2, -0.15) is 5.26 Å². The maximum absolute atomic E-state index is 10.6. The van der Waals surface area contributed by atoms with Gasteiger partial charge < -0.3 is 9.84 Å². The molecule has 0 aromatic heterocycles. The van der Waals surface area contributed by atoms with Crippen LogP contribution in [0.4, 0.5) is 0 Å². The molecule has 3 rings (SSSR count). The number of fused-ring (bicyclic) bond motifs is 1. The van der Waals surface area contributed by atoms with Gasteiger partial charge in [-0.25, -0.2) is 0 Å². The van der Waals surface area contributed by atoms with Gasteiger partial charge >= 0.3 is 0 Å². The number of hydrogen-bond acceptors (Lipinski definition) is 3. The van der Waals surface area contributed by atoms with Crippen LogP contribution in [0, 0.1) is 11.3 Å². The highest BCUT2D eigenvalue weighted by Crippen LogP contribution is 2.52. The summed E-state index contributed by atoms with van der Waals surface area (Å²) in [5.74, 6) is 0.458. The molecule has 0 saturated heterocycles. The van der Waals surface area contributed by atoms with E-state index in [0.29, 0.717) is 26.4 Å². The van der Waals surface area contributed by atoms with Crippen molar-refractivity contribution in [2.24, 2.45) is 0 Å². The Labute approximate surface area is 129 Å². The summed E-state index contributed by atoms with van der Waals surface area (Å²) >= 11 is 9.39. The van der Waals surface area contributed by atoms with E-state index in [-0.39, 0.29) is 0 Å². The van der Waals surface area contributed by atoms with Crippen molar-refractivity contribution in [1.82, 2.24) is 0 Å². The van der Waals surface area contributed by atoms with Gasteiger partial charge in [-0.05, 0) is 28.1 Å². The molecule has 0 aliphatic carbocycles. The van der Waals surface area contributed by atoms with E-state index in [9.17, 15) is 10.4 Å². The van der Waals surface area contributed by atoms with Crippen LogP contribution in [0.5, 0.6) is 5.75 Å². The highest BCUT2D eigenvalue weighted by molar-refractivity contribution is 9.10. The van der Waals surface area contributed by atoms with Gasteiger partial charge in [-0.15, -0.1) is 0 Å². The second-order valence-electron chi connectivity index (χ2n) is 4.49. The van der Waals surface area contributed by atoms with Gasteiger partial charge in [0.15, 0.2) is 0 Å². The second-order valence-corrected chi connectivity index (χ2v) is 5.69. The van der Waals surface area contributed by atoms with E-state index in [2.05, 4.69) is 22.0 Å². The molecule has 2 aromatic carbocycles. The van der Waals surface area contributed by atoms with Crippen LogP contribution in [0.1, 0.15) is 17.2 Å². The molecule has 1 N–H and O–H groups in total. The fourth-order valence-corrected chi connectivity index (χ4v) is 3.09. The number of rotatable bonds is 1. The summed E-state index contributed by atoms with van der Waals surface area (Å²) < 4.78 is 6.33. The van der Waals surface area contributed by atoms with E-state index in [4.69, 9.17) is 16.3 Å². The molecule has 5 heteroatoms. The molecule has 0 bridgehead atoms. The summed E-state index contributed by atoms with van der Waals surface area (Å²) in [6.07, 6.45) is -1.11. The monoisotopic (exact) mass is 349 g/mol. The van der Waals surface area contributed by atoms with Crippen LogP contribution in [-0.2, 0) is 5.60 Å². The number of aliphatic hydroxyl groups excluding tert-OH is 1. The highest BCUT2D eigenvalue weighted by Gasteiger charge is 2.51. The predicted molar refractivity (Wildman–Crippen MR) is 78.5 cm³/mol. The normalized spacial score (nSPS) is 23.8. The van der Waals surface area contributed by atoms with E-state index in [1.165, 1.54) is 0 Å². The molecule has 0 fully saturated rings. The number of ether oxygens (including phenoxy) is 1. The Balaban J connectivity index is 2.20. The van der Waals surface area contributed by atoms with Crippen LogP contribution in [0.3, 0.4) is 0 Å². The first-order chi connectivity index (χ1) is 9.60. The Morgan fingerprint density at radius 1 is 1.25 bits per heavy atom. The SMILES string of the molecule is N#C[C@@]1(c2ccccc2)Oc2ccc(Cl)c(Br)c2[C@@H]1O. The first-order valence-corrected chi connectivity index (χ1v) is 7.09. The molecule has 1 aliphatic rings. The molecule has 20 heavy (non-hydrogen) atoms. The Morgan fingerprint density at radius 2 is 1.95 bits per heavy atom. The molecule has 0 saturated carbocycles. The van der Waals surface area contributed by atoms with Crippen LogP contribution in [0.25, 0.3) is 0 Å². The Kier molecular flexibility index (Phi) is 3.21. The molecule has 0 radical (unpaired) electrons. The van der Waals surface area contributed by atoms with Crippen LogP contribution < -0.4 is 4.74 Å². The first kappa shape index (κ1) is 13.4. The lowest BCUT2D eigenvalue weighted by Crippen LogP contribution is -2.33. The smallest absolute Gasteiger partial charge is 0.249 e. The molecular formula is C15H9BrClNO2. The zero-order chi connectivity index (χ0) is 14.3. The van der Waals surface area contributed by atoms with E-state index in [1.54, 1.807) is 36.4 Å². The maximum Gasteiger partial charge on any atom is 0.249 e. The lowest BCUT2D eigenvalue weighted by molar-refractivity contribution is 0.0114. The number of benzene rings is 2. The Bertz CT molecular complexity index is 714. The Hall–Kier alpha value is -1.54. The predicted octanol–water partition coefficient (Wildman–Crippen LogP) is 3.95. The number of halogens is 2. The van der Waals surface area contributed by atoms with E-state index < -0.39 is 11.7 Å². The topological polar surface area (TPSA) is 53.2 Å². The van der Waals surface area contributed by atoms with Crippen LogP contribution in [0.15, 0.2) is 46.9 Å². The third-order valence-electron chi connectivity index (χ3n) is 3.39. The molecular weight excluding hydrogens is 342 g/mol. The van der Waals surface area contributed by atoms with Gasteiger partial charge in [-0.3, -0.25) is 0 Å². The van der Waals surface area contributed by atoms with Gasteiger partial charge in [0.25, 0.3) is 0 Å². The lowest BCUT2D eigenvalue weighted by Gasteiger charge is -2.24. The summed E-state index contributed by atoms with van der Waals surface area (Å²) in [5.41, 5.74) is -0.339. The standard InChI is InChI=1S/C15H9BrClNO2/c16-13-10(17)6-7-11-12(13)14(19)15(8-18,20-11)9-4-2-1-3-5-9/h1-7,14,19H/t14-,15-/m0/s1. The maximum atomic E-state index is 10.6. The summed E-state index contributed by atoms with van der Waals surface area (Å²) in [4.78, 5) is 0. The van der Waals surface area contributed by atoms with Crippen molar-refractivity contribution in [2.75, 3.05) is 0 Å². The van der Waals surface area contributed by atoms with Crippen molar-refractivity contribution in [3.8, 4) is 11.8 Å². The zero-order valence-electron chi connectivity index (χ0n) is 10.2. The molecule has 0 amide bonds. The van der Waals surface area contributed by atoms with Crippen LogP contribution in [0.2, 0.25) is 5.02 Å². The van der Waals surface area contributed by atoms with Crippen molar-refractivity contribution in [2.45, 2.75) is 11.7 Å². The van der Waals surface area contributed by atoms with Gasteiger partial charge in [0.1, 0.15) is 17.9 Å². The minimum absolute atomic E-state index is 0.458. The van der Waals surface area contributed by atoms with Crippen molar-refractivity contribution in [3.63, 3.8) is 0 Å². The summed E-state index contributed by atoms with van der Waals surface area (Å²) in [7, 11) is 0. The third kappa shape index (κ3) is 1.75. The minimum atomic E-state index is -1.45. The first-order valence-electron chi connectivity index (χ1n) is 5.92. The zero-order valence-corrected chi connectivity index (χ0v) is 12.5. The van der Waals surface area contributed by atoms with Crippen LogP contribution in [-0.4, -0.2) is 5.11 Å². The average Bonchev–Trinajstić information content (AvgIpc) is 2.78. The average molecular weight is 351 g/mol. The number of hydrogen-bond donors (Lipinski definition) is 1. The van der Waals surface area contributed by atoms with Crippen LogP contribution >= 0.6 is 27.5 Å². The Morgan fingerprint density at radius 3 is 2.60 bits per heavy atom. The van der Waals surface area contributed by atoms with E-state index in [0.717, 1.165) is 0 Å². The van der Waals surface area contributed by atoms with Crippen molar-refractivity contribution >= 4 is 27.5 Å². The van der Waals surface area contributed by atoms with E-state index in [1.807, 2.05) is 6.07 Å². The fourth-order valence-electron chi connectivity index (χ4n) is 2.38. The van der Waals surface area contributed by atoms with Crippen molar-refractivity contribution in [3.05, 3.63) is 63.1 Å². The van der Waals surface area contributed by atoms with Gasteiger partial charge in [-0.1, -0.05) is 41.9 Å². The molecule has 0 unspecified atom stereocenters. The molecule has 3 nitrogen and oxygen atoms in total. The summed E-state index contributed by atoms with van der Waals surface area (Å²) in [6.45, 7) is 0. The quantitative estimate of drug-likeness (QED) is 0.847. The van der Waals surface area contributed by atoms with Crippen molar-refractivity contribution in [1.29, 1.82) is 5.26 Å². The fraction of sp³-hybridized carbons (Fsp3) is 0.133. The van der Waals surface area contributed by atoms with Crippen molar-refractivity contribution < 1.29 is 9.84 Å². The highest BCUT2D eigenvalue weighted by atomic mass is 79.9. The van der Waals surface area contributed by atoms with Gasteiger partial charge in [0.2, 0.25) is 5.60 Å². The molecule has 2 atom stereocenters.